The average Bonchev–Trinajstić information content (AvgIpc) is 2.67. The lowest BCUT2D eigenvalue weighted by Gasteiger charge is -2.08. The van der Waals surface area contributed by atoms with Gasteiger partial charge in [-0.15, -0.1) is 5.10 Å². The Hall–Kier alpha value is -0.940. The van der Waals surface area contributed by atoms with Gasteiger partial charge in [0.15, 0.2) is 0 Å². The quantitative estimate of drug-likeness (QED) is 0.685. The van der Waals surface area contributed by atoms with Gasteiger partial charge < -0.3 is 10.1 Å². The molecular formula is C10H20N4O. The Morgan fingerprint density at radius 3 is 3.07 bits per heavy atom. The largest absolute Gasteiger partial charge is 0.382 e. The standard InChI is InChI=1S/C10H20N4O/c1-4-5-11-6-10-7-14(13-12-10)9(2)8-15-3/h7,9,11H,4-6,8H2,1-3H3. The highest BCUT2D eigenvalue weighted by atomic mass is 16.5. The predicted molar refractivity (Wildman–Crippen MR) is 58.6 cm³/mol. The summed E-state index contributed by atoms with van der Waals surface area (Å²) in [6.07, 6.45) is 3.10. The Kier molecular flexibility index (Phi) is 5.28. The summed E-state index contributed by atoms with van der Waals surface area (Å²) in [6, 6.07) is 0.238. The Bertz CT molecular complexity index is 274. The van der Waals surface area contributed by atoms with E-state index in [1.54, 1.807) is 7.11 Å². The maximum Gasteiger partial charge on any atom is 0.0964 e. The van der Waals surface area contributed by atoms with Crippen LogP contribution in [0.5, 0.6) is 0 Å². The second-order valence-electron chi connectivity index (χ2n) is 3.67. The smallest absolute Gasteiger partial charge is 0.0964 e. The van der Waals surface area contributed by atoms with Crippen LogP contribution in [0, 0.1) is 0 Å². The van der Waals surface area contributed by atoms with Crippen molar-refractivity contribution in [3.63, 3.8) is 0 Å². The number of rotatable bonds is 7. The summed E-state index contributed by atoms with van der Waals surface area (Å²) in [5, 5.41) is 11.4. The van der Waals surface area contributed by atoms with Gasteiger partial charge in [-0.2, -0.15) is 0 Å². The Labute approximate surface area is 90.8 Å². The van der Waals surface area contributed by atoms with E-state index in [4.69, 9.17) is 4.74 Å². The van der Waals surface area contributed by atoms with Crippen molar-refractivity contribution < 1.29 is 4.74 Å². The van der Waals surface area contributed by atoms with Gasteiger partial charge in [0.1, 0.15) is 0 Å². The molecule has 0 saturated heterocycles. The fraction of sp³-hybridized carbons (Fsp3) is 0.800. The highest BCUT2D eigenvalue weighted by molar-refractivity contribution is 4.92. The first-order valence-electron chi connectivity index (χ1n) is 5.38. The van der Waals surface area contributed by atoms with Crippen LogP contribution in [-0.2, 0) is 11.3 Å². The maximum absolute atomic E-state index is 5.06. The summed E-state index contributed by atoms with van der Waals surface area (Å²) in [5.41, 5.74) is 0.978. The van der Waals surface area contributed by atoms with Gasteiger partial charge in [-0.1, -0.05) is 12.1 Å². The number of nitrogens with one attached hydrogen (secondary N) is 1. The first-order valence-corrected chi connectivity index (χ1v) is 5.38. The van der Waals surface area contributed by atoms with Crippen LogP contribution in [0.3, 0.4) is 0 Å². The second-order valence-corrected chi connectivity index (χ2v) is 3.67. The molecular weight excluding hydrogens is 192 g/mol. The van der Waals surface area contributed by atoms with E-state index < -0.39 is 0 Å². The lowest BCUT2D eigenvalue weighted by Crippen LogP contribution is -2.14. The van der Waals surface area contributed by atoms with Gasteiger partial charge in [0.05, 0.1) is 24.5 Å². The van der Waals surface area contributed by atoms with Gasteiger partial charge in [0.25, 0.3) is 0 Å². The molecule has 0 aromatic carbocycles. The monoisotopic (exact) mass is 212 g/mol. The van der Waals surface area contributed by atoms with Crippen molar-refractivity contribution >= 4 is 0 Å². The van der Waals surface area contributed by atoms with E-state index in [1.807, 2.05) is 10.9 Å². The zero-order chi connectivity index (χ0) is 11.1. The number of methoxy groups -OCH3 is 1. The number of nitrogens with zero attached hydrogens (tertiary/aromatic N) is 3. The summed E-state index contributed by atoms with van der Waals surface area (Å²) >= 11 is 0. The molecule has 0 amide bonds. The third-order valence-electron chi connectivity index (χ3n) is 2.15. The normalized spacial score (nSPS) is 13.0. The van der Waals surface area contributed by atoms with Gasteiger partial charge >= 0.3 is 0 Å². The summed E-state index contributed by atoms with van der Waals surface area (Å²) in [5.74, 6) is 0. The molecule has 0 saturated carbocycles. The van der Waals surface area contributed by atoms with Crippen LogP contribution in [0.4, 0.5) is 0 Å². The van der Waals surface area contributed by atoms with Crippen LogP contribution >= 0.6 is 0 Å². The molecule has 0 radical (unpaired) electrons. The van der Waals surface area contributed by atoms with Gasteiger partial charge in [0, 0.05) is 13.7 Å². The summed E-state index contributed by atoms with van der Waals surface area (Å²) in [6.45, 7) is 6.66. The van der Waals surface area contributed by atoms with Crippen molar-refractivity contribution in [3.05, 3.63) is 11.9 Å². The highest BCUT2D eigenvalue weighted by Crippen LogP contribution is 2.04. The van der Waals surface area contributed by atoms with Crippen molar-refractivity contribution in [3.8, 4) is 0 Å². The fourth-order valence-electron chi connectivity index (χ4n) is 1.32. The Morgan fingerprint density at radius 1 is 1.60 bits per heavy atom. The van der Waals surface area contributed by atoms with Gasteiger partial charge in [-0.25, -0.2) is 4.68 Å². The summed E-state index contributed by atoms with van der Waals surface area (Å²) < 4.78 is 6.90. The topological polar surface area (TPSA) is 52.0 Å². The minimum atomic E-state index is 0.238. The number of aromatic nitrogens is 3. The lowest BCUT2D eigenvalue weighted by atomic mass is 10.3. The molecule has 1 rings (SSSR count). The molecule has 86 valence electrons. The summed E-state index contributed by atoms with van der Waals surface area (Å²) in [4.78, 5) is 0. The minimum absolute atomic E-state index is 0.238. The fourth-order valence-corrected chi connectivity index (χ4v) is 1.32. The molecule has 0 bridgehead atoms. The van der Waals surface area contributed by atoms with Crippen LogP contribution in [-0.4, -0.2) is 35.3 Å². The molecule has 0 aliphatic heterocycles. The van der Waals surface area contributed by atoms with Crippen LogP contribution in [0.15, 0.2) is 6.20 Å². The Balaban J connectivity index is 2.41. The third-order valence-corrected chi connectivity index (χ3v) is 2.15. The number of hydrogen-bond acceptors (Lipinski definition) is 4. The molecule has 0 fully saturated rings. The van der Waals surface area contributed by atoms with Crippen molar-refractivity contribution in [1.29, 1.82) is 0 Å². The Morgan fingerprint density at radius 2 is 2.40 bits per heavy atom. The van der Waals surface area contributed by atoms with Crippen LogP contribution in [0.2, 0.25) is 0 Å². The van der Waals surface area contributed by atoms with E-state index >= 15 is 0 Å². The first kappa shape index (κ1) is 12.1. The van der Waals surface area contributed by atoms with Crippen molar-refractivity contribution in [2.24, 2.45) is 0 Å². The van der Waals surface area contributed by atoms with E-state index in [2.05, 4.69) is 29.5 Å². The molecule has 0 aliphatic carbocycles. The van der Waals surface area contributed by atoms with E-state index in [0.717, 1.165) is 25.2 Å². The molecule has 5 heteroatoms. The lowest BCUT2D eigenvalue weighted by molar-refractivity contribution is 0.156. The molecule has 1 N–H and O–H groups in total. The highest BCUT2D eigenvalue weighted by Gasteiger charge is 2.06. The summed E-state index contributed by atoms with van der Waals surface area (Å²) in [7, 11) is 1.69. The molecule has 15 heavy (non-hydrogen) atoms. The van der Waals surface area contributed by atoms with Gasteiger partial charge in [-0.3, -0.25) is 0 Å². The van der Waals surface area contributed by atoms with Gasteiger partial charge in [0.2, 0.25) is 0 Å². The van der Waals surface area contributed by atoms with Crippen LogP contribution < -0.4 is 5.32 Å². The maximum atomic E-state index is 5.06. The molecule has 1 unspecified atom stereocenters. The average molecular weight is 212 g/mol. The second kappa shape index (κ2) is 6.53. The number of hydrogen-bond donors (Lipinski definition) is 1. The van der Waals surface area contributed by atoms with Crippen molar-refractivity contribution in [2.45, 2.75) is 32.9 Å². The van der Waals surface area contributed by atoms with Crippen LogP contribution in [0.25, 0.3) is 0 Å². The minimum Gasteiger partial charge on any atom is -0.382 e. The molecule has 1 heterocycles. The van der Waals surface area contributed by atoms with E-state index in [0.29, 0.717) is 6.61 Å². The van der Waals surface area contributed by atoms with E-state index in [9.17, 15) is 0 Å². The zero-order valence-corrected chi connectivity index (χ0v) is 9.73. The third kappa shape index (κ3) is 3.97. The van der Waals surface area contributed by atoms with Crippen LogP contribution in [0.1, 0.15) is 32.0 Å². The van der Waals surface area contributed by atoms with E-state index in [1.165, 1.54) is 0 Å². The first-order chi connectivity index (χ1) is 7.27. The molecule has 1 atom stereocenters. The number of ether oxygens (including phenoxy) is 1. The van der Waals surface area contributed by atoms with E-state index in [-0.39, 0.29) is 6.04 Å². The van der Waals surface area contributed by atoms with Crippen molar-refractivity contribution in [2.75, 3.05) is 20.3 Å². The molecule has 1 aromatic heterocycles. The van der Waals surface area contributed by atoms with Crippen molar-refractivity contribution in [1.82, 2.24) is 20.3 Å². The SMILES string of the molecule is CCCNCc1cn(C(C)COC)nn1. The molecule has 0 spiro atoms. The van der Waals surface area contributed by atoms with Gasteiger partial charge in [-0.05, 0) is 19.9 Å². The zero-order valence-electron chi connectivity index (χ0n) is 9.73. The molecule has 0 aliphatic rings. The predicted octanol–water partition coefficient (Wildman–Crippen LogP) is 0.985. The molecule has 5 nitrogen and oxygen atoms in total. The molecule has 1 aromatic rings.